The largest absolute Gasteiger partial charge is 0.380 e. The standard InChI is InChI=1S/C13H16ClF2NO/c1-18-7-8-10(14)6-9(12(16)11(8)15)13(17)4-2-3-5-13/h6H,2-5,7,17H2,1H3. The highest BCUT2D eigenvalue weighted by atomic mass is 35.5. The van der Waals surface area contributed by atoms with Crippen molar-refractivity contribution in [3.63, 3.8) is 0 Å². The minimum absolute atomic E-state index is 0.0435. The fraction of sp³-hybridized carbons (Fsp3) is 0.538. The molecule has 1 aliphatic rings. The first-order valence-corrected chi connectivity index (χ1v) is 6.32. The van der Waals surface area contributed by atoms with Crippen molar-refractivity contribution in [3.05, 3.63) is 33.9 Å². The van der Waals surface area contributed by atoms with Crippen molar-refractivity contribution in [2.45, 2.75) is 37.8 Å². The van der Waals surface area contributed by atoms with Crippen molar-refractivity contribution < 1.29 is 13.5 Å². The van der Waals surface area contributed by atoms with Gasteiger partial charge in [0.2, 0.25) is 0 Å². The molecule has 2 nitrogen and oxygen atoms in total. The molecule has 0 spiro atoms. The smallest absolute Gasteiger partial charge is 0.166 e. The van der Waals surface area contributed by atoms with Gasteiger partial charge in [-0.25, -0.2) is 8.78 Å². The molecule has 1 aliphatic carbocycles. The Kier molecular flexibility index (Phi) is 3.90. The summed E-state index contributed by atoms with van der Waals surface area (Å²) in [6.45, 7) is -0.0561. The fourth-order valence-electron chi connectivity index (χ4n) is 2.55. The Bertz CT molecular complexity index is 459. The van der Waals surface area contributed by atoms with Gasteiger partial charge in [-0.15, -0.1) is 0 Å². The number of benzene rings is 1. The van der Waals surface area contributed by atoms with Crippen LogP contribution in [0.4, 0.5) is 8.78 Å². The van der Waals surface area contributed by atoms with Crippen LogP contribution >= 0.6 is 11.6 Å². The molecule has 0 radical (unpaired) electrons. The van der Waals surface area contributed by atoms with Crippen LogP contribution in [0.2, 0.25) is 5.02 Å². The molecule has 18 heavy (non-hydrogen) atoms. The molecule has 1 saturated carbocycles. The summed E-state index contributed by atoms with van der Waals surface area (Å²) in [6, 6.07) is 1.44. The van der Waals surface area contributed by atoms with Crippen LogP contribution in [-0.2, 0) is 16.9 Å². The number of methoxy groups -OCH3 is 1. The SMILES string of the molecule is COCc1c(Cl)cc(C2(N)CCCC2)c(F)c1F. The first-order chi connectivity index (χ1) is 8.49. The van der Waals surface area contributed by atoms with Crippen molar-refractivity contribution in [1.29, 1.82) is 0 Å². The maximum absolute atomic E-state index is 14.1. The van der Waals surface area contributed by atoms with E-state index in [1.807, 2.05) is 0 Å². The Morgan fingerprint density at radius 2 is 1.94 bits per heavy atom. The number of ether oxygens (including phenoxy) is 1. The highest BCUT2D eigenvalue weighted by Gasteiger charge is 2.35. The number of halogens is 3. The van der Waals surface area contributed by atoms with Crippen LogP contribution in [-0.4, -0.2) is 7.11 Å². The first-order valence-electron chi connectivity index (χ1n) is 5.94. The van der Waals surface area contributed by atoms with Gasteiger partial charge in [0.15, 0.2) is 11.6 Å². The fourth-order valence-corrected chi connectivity index (χ4v) is 2.79. The Morgan fingerprint density at radius 3 is 2.50 bits per heavy atom. The van der Waals surface area contributed by atoms with Crippen LogP contribution in [0.1, 0.15) is 36.8 Å². The molecule has 100 valence electrons. The third kappa shape index (κ3) is 2.25. The zero-order valence-corrected chi connectivity index (χ0v) is 11.0. The number of hydrogen-bond donors (Lipinski definition) is 1. The second kappa shape index (κ2) is 5.11. The molecular weight excluding hydrogens is 260 g/mol. The van der Waals surface area contributed by atoms with E-state index >= 15 is 0 Å². The minimum atomic E-state index is -0.948. The molecule has 0 atom stereocenters. The third-order valence-corrected chi connectivity index (χ3v) is 3.91. The summed E-state index contributed by atoms with van der Waals surface area (Å²) < 4.78 is 32.8. The molecule has 0 aromatic heterocycles. The average Bonchev–Trinajstić information content (AvgIpc) is 2.77. The summed E-state index contributed by atoms with van der Waals surface area (Å²) in [5, 5.41) is 0.169. The second-order valence-corrected chi connectivity index (χ2v) is 5.22. The van der Waals surface area contributed by atoms with Gasteiger partial charge in [0.1, 0.15) is 0 Å². The van der Waals surface area contributed by atoms with E-state index in [9.17, 15) is 8.78 Å². The van der Waals surface area contributed by atoms with Crippen molar-refractivity contribution >= 4 is 11.6 Å². The summed E-state index contributed by atoms with van der Waals surface area (Å²) in [5.41, 5.74) is 5.58. The van der Waals surface area contributed by atoms with Crippen LogP contribution in [0.25, 0.3) is 0 Å². The Balaban J connectivity index is 2.50. The number of hydrogen-bond acceptors (Lipinski definition) is 2. The molecule has 1 aromatic rings. The molecular formula is C13H16ClF2NO. The molecule has 2 rings (SSSR count). The van der Waals surface area contributed by atoms with Gasteiger partial charge < -0.3 is 10.5 Å². The van der Waals surface area contributed by atoms with E-state index < -0.39 is 17.2 Å². The molecule has 0 saturated heterocycles. The normalized spacial score (nSPS) is 18.3. The van der Waals surface area contributed by atoms with Gasteiger partial charge in [-0.1, -0.05) is 24.4 Å². The topological polar surface area (TPSA) is 35.2 Å². The lowest BCUT2D eigenvalue weighted by atomic mass is 9.88. The van der Waals surface area contributed by atoms with Crippen LogP contribution in [0.5, 0.6) is 0 Å². The third-order valence-electron chi connectivity index (χ3n) is 3.57. The molecule has 0 bridgehead atoms. The van der Waals surface area contributed by atoms with Gasteiger partial charge in [-0.3, -0.25) is 0 Å². The molecule has 0 aliphatic heterocycles. The zero-order valence-electron chi connectivity index (χ0n) is 10.2. The van der Waals surface area contributed by atoms with Gasteiger partial charge in [0.05, 0.1) is 6.61 Å². The maximum atomic E-state index is 14.1. The summed E-state index contributed by atoms with van der Waals surface area (Å²) >= 11 is 5.98. The van der Waals surface area contributed by atoms with E-state index in [2.05, 4.69) is 0 Å². The second-order valence-electron chi connectivity index (χ2n) is 4.81. The van der Waals surface area contributed by atoms with Crippen molar-refractivity contribution in [3.8, 4) is 0 Å². The molecule has 5 heteroatoms. The van der Waals surface area contributed by atoms with Gasteiger partial charge in [0.25, 0.3) is 0 Å². The quantitative estimate of drug-likeness (QED) is 0.857. The summed E-state index contributed by atoms with van der Waals surface area (Å²) in [7, 11) is 1.41. The van der Waals surface area contributed by atoms with Crippen molar-refractivity contribution in [1.82, 2.24) is 0 Å². The van der Waals surface area contributed by atoms with Crippen molar-refractivity contribution in [2.24, 2.45) is 5.73 Å². The molecule has 1 fully saturated rings. The lowest BCUT2D eigenvalue weighted by molar-refractivity contribution is 0.180. The summed E-state index contributed by atoms with van der Waals surface area (Å²) in [6.07, 6.45) is 3.16. The molecule has 2 N–H and O–H groups in total. The number of rotatable bonds is 3. The van der Waals surface area contributed by atoms with Crippen molar-refractivity contribution in [2.75, 3.05) is 7.11 Å². The average molecular weight is 276 g/mol. The van der Waals surface area contributed by atoms with E-state index in [1.54, 1.807) is 0 Å². The van der Waals surface area contributed by atoms with E-state index in [0.717, 1.165) is 12.8 Å². The Hall–Kier alpha value is -0.710. The first kappa shape index (κ1) is 13.7. The molecule has 0 unspecified atom stereocenters. The number of nitrogens with two attached hydrogens (primary N) is 1. The van der Waals surface area contributed by atoms with E-state index in [4.69, 9.17) is 22.1 Å². The van der Waals surface area contributed by atoms with Crippen LogP contribution in [0.15, 0.2) is 6.07 Å². The Labute approximate surface area is 110 Å². The van der Waals surface area contributed by atoms with E-state index in [0.29, 0.717) is 12.8 Å². The lowest BCUT2D eigenvalue weighted by Crippen LogP contribution is -2.34. The van der Waals surface area contributed by atoms with E-state index in [-0.39, 0.29) is 22.8 Å². The van der Waals surface area contributed by atoms with Crippen LogP contribution < -0.4 is 5.73 Å². The molecule has 0 heterocycles. The monoisotopic (exact) mass is 275 g/mol. The van der Waals surface area contributed by atoms with Gasteiger partial charge >= 0.3 is 0 Å². The molecule has 1 aromatic carbocycles. The van der Waals surface area contributed by atoms with Gasteiger partial charge in [-0.05, 0) is 18.9 Å². The maximum Gasteiger partial charge on any atom is 0.166 e. The highest BCUT2D eigenvalue weighted by Crippen LogP contribution is 2.40. The van der Waals surface area contributed by atoms with Crippen LogP contribution in [0, 0.1) is 11.6 Å². The van der Waals surface area contributed by atoms with Gasteiger partial charge in [-0.2, -0.15) is 0 Å². The van der Waals surface area contributed by atoms with E-state index in [1.165, 1.54) is 13.2 Å². The lowest BCUT2D eigenvalue weighted by Gasteiger charge is -2.25. The predicted molar refractivity (Wildman–Crippen MR) is 66.4 cm³/mol. The zero-order chi connectivity index (χ0) is 13.3. The van der Waals surface area contributed by atoms with Crippen LogP contribution in [0.3, 0.4) is 0 Å². The Morgan fingerprint density at radius 1 is 1.33 bits per heavy atom. The minimum Gasteiger partial charge on any atom is -0.380 e. The highest BCUT2D eigenvalue weighted by molar-refractivity contribution is 6.31. The van der Waals surface area contributed by atoms with Gasteiger partial charge in [0, 0.05) is 28.8 Å². The predicted octanol–water partition coefficient (Wildman–Crippen LogP) is 3.49. The summed E-state index contributed by atoms with van der Waals surface area (Å²) in [4.78, 5) is 0. The molecule has 0 amide bonds. The summed E-state index contributed by atoms with van der Waals surface area (Å²) in [5.74, 6) is -1.84.